The van der Waals surface area contributed by atoms with Gasteiger partial charge in [0.2, 0.25) is 12.0 Å². The molecule has 2 aliphatic rings. The van der Waals surface area contributed by atoms with Crippen LogP contribution in [0.3, 0.4) is 0 Å². The molecule has 0 bridgehead atoms. The van der Waals surface area contributed by atoms with E-state index in [0.29, 0.717) is 18.9 Å². The minimum Gasteiger partial charge on any atom is -0.475 e. The Morgan fingerprint density at radius 1 is 1.42 bits per heavy atom. The second kappa shape index (κ2) is 6.91. The van der Waals surface area contributed by atoms with E-state index in [1.54, 1.807) is 6.08 Å². The minimum absolute atomic E-state index is 0.0234. The quantitative estimate of drug-likeness (QED) is 0.691. The van der Waals surface area contributed by atoms with Gasteiger partial charge in [-0.2, -0.15) is 0 Å². The average molecular weight is 270 g/mol. The van der Waals surface area contributed by atoms with Gasteiger partial charge in [0, 0.05) is 13.0 Å². The van der Waals surface area contributed by atoms with Crippen LogP contribution < -0.4 is 0 Å². The SMILES string of the molecule is O=C(O)C1=C[C@H](C2CCC2)C[C@H](OCCCCO)O1. The highest BCUT2D eigenvalue weighted by atomic mass is 16.7. The van der Waals surface area contributed by atoms with Crippen LogP contribution in [0.4, 0.5) is 0 Å². The number of carbonyl (C=O) groups is 1. The van der Waals surface area contributed by atoms with E-state index < -0.39 is 12.3 Å². The van der Waals surface area contributed by atoms with E-state index in [0.717, 1.165) is 12.8 Å². The van der Waals surface area contributed by atoms with Crippen molar-refractivity contribution in [1.29, 1.82) is 0 Å². The van der Waals surface area contributed by atoms with Crippen molar-refractivity contribution in [3.05, 3.63) is 11.8 Å². The molecule has 1 fully saturated rings. The summed E-state index contributed by atoms with van der Waals surface area (Å²) in [5.41, 5.74) is 0. The van der Waals surface area contributed by atoms with Gasteiger partial charge in [0.25, 0.3) is 0 Å². The van der Waals surface area contributed by atoms with E-state index in [1.807, 2.05) is 0 Å². The molecular formula is C14H22O5. The summed E-state index contributed by atoms with van der Waals surface area (Å²) in [6, 6.07) is 0. The summed E-state index contributed by atoms with van der Waals surface area (Å²) in [4.78, 5) is 11.1. The van der Waals surface area contributed by atoms with Gasteiger partial charge in [-0.1, -0.05) is 6.42 Å². The fourth-order valence-electron chi connectivity index (χ4n) is 2.56. The smallest absolute Gasteiger partial charge is 0.370 e. The predicted molar refractivity (Wildman–Crippen MR) is 68.3 cm³/mol. The van der Waals surface area contributed by atoms with Gasteiger partial charge in [-0.05, 0) is 43.6 Å². The summed E-state index contributed by atoms with van der Waals surface area (Å²) in [7, 11) is 0. The van der Waals surface area contributed by atoms with Crippen LogP contribution in [-0.4, -0.2) is 35.7 Å². The average Bonchev–Trinajstić information content (AvgIpc) is 2.32. The molecule has 0 saturated heterocycles. The Hall–Kier alpha value is -1.07. The molecule has 0 aromatic heterocycles. The third-order valence-electron chi connectivity index (χ3n) is 3.91. The van der Waals surface area contributed by atoms with Gasteiger partial charge in [0.15, 0.2) is 0 Å². The van der Waals surface area contributed by atoms with E-state index in [2.05, 4.69) is 0 Å². The number of carboxylic acids is 1. The zero-order chi connectivity index (χ0) is 13.7. The lowest BCUT2D eigenvalue weighted by molar-refractivity contribution is -0.161. The fourth-order valence-corrected chi connectivity index (χ4v) is 2.56. The van der Waals surface area contributed by atoms with Crippen LogP contribution in [0.2, 0.25) is 0 Å². The van der Waals surface area contributed by atoms with Crippen molar-refractivity contribution < 1.29 is 24.5 Å². The van der Waals surface area contributed by atoms with Crippen LogP contribution in [0.5, 0.6) is 0 Å². The van der Waals surface area contributed by atoms with E-state index in [-0.39, 0.29) is 18.3 Å². The molecule has 2 N–H and O–H groups in total. The normalized spacial score (nSPS) is 27.3. The number of hydrogen-bond donors (Lipinski definition) is 2. The van der Waals surface area contributed by atoms with Crippen molar-refractivity contribution >= 4 is 5.97 Å². The van der Waals surface area contributed by atoms with Crippen LogP contribution in [0.1, 0.15) is 38.5 Å². The number of hydrogen-bond acceptors (Lipinski definition) is 4. The first-order valence-corrected chi connectivity index (χ1v) is 7.05. The Bertz CT molecular complexity index is 335. The van der Waals surface area contributed by atoms with E-state index >= 15 is 0 Å². The topological polar surface area (TPSA) is 76.0 Å². The molecule has 0 amide bonds. The summed E-state index contributed by atoms with van der Waals surface area (Å²) in [6.07, 6.45) is 7.06. The number of carboxylic acid groups (broad SMARTS) is 1. The zero-order valence-corrected chi connectivity index (χ0v) is 11.1. The summed E-state index contributed by atoms with van der Waals surface area (Å²) >= 11 is 0. The molecule has 0 radical (unpaired) electrons. The molecule has 1 heterocycles. The summed E-state index contributed by atoms with van der Waals surface area (Å²) in [5, 5.41) is 17.8. The third-order valence-corrected chi connectivity index (χ3v) is 3.91. The number of aliphatic carboxylic acids is 1. The van der Waals surface area contributed by atoms with Crippen molar-refractivity contribution in [3.8, 4) is 0 Å². The molecule has 0 unspecified atom stereocenters. The largest absolute Gasteiger partial charge is 0.475 e. The Labute approximate surface area is 113 Å². The van der Waals surface area contributed by atoms with E-state index in [4.69, 9.17) is 19.7 Å². The Kier molecular flexibility index (Phi) is 5.22. The molecule has 1 aliphatic heterocycles. The molecule has 1 saturated carbocycles. The maximum Gasteiger partial charge on any atom is 0.370 e. The number of rotatable bonds is 7. The number of allylic oxidation sites excluding steroid dienone is 1. The second-order valence-corrected chi connectivity index (χ2v) is 5.28. The molecule has 2 rings (SSSR count). The van der Waals surface area contributed by atoms with Crippen LogP contribution in [0.15, 0.2) is 11.8 Å². The molecule has 0 spiro atoms. The van der Waals surface area contributed by atoms with Gasteiger partial charge in [-0.3, -0.25) is 0 Å². The van der Waals surface area contributed by atoms with Gasteiger partial charge in [-0.25, -0.2) is 4.79 Å². The van der Waals surface area contributed by atoms with Gasteiger partial charge in [0.05, 0.1) is 6.61 Å². The zero-order valence-electron chi connectivity index (χ0n) is 11.1. The van der Waals surface area contributed by atoms with Crippen LogP contribution in [0, 0.1) is 11.8 Å². The van der Waals surface area contributed by atoms with Crippen molar-refractivity contribution in [2.45, 2.75) is 44.8 Å². The molecular weight excluding hydrogens is 248 g/mol. The molecule has 0 aromatic rings. The highest BCUT2D eigenvalue weighted by molar-refractivity contribution is 5.84. The molecule has 0 aromatic carbocycles. The van der Waals surface area contributed by atoms with Crippen molar-refractivity contribution in [2.75, 3.05) is 13.2 Å². The molecule has 108 valence electrons. The maximum absolute atomic E-state index is 11.1. The van der Waals surface area contributed by atoms with Crippen LogP contribution >= 0.6 is 0 Å². The molecule has 1 aliphatic carbocycles. The number of aliphatic hydroxyl groups is 1. The highest BCUT2D eigenvalue weighted by Crippen LogP contribution is 2.39. The lowest BCUT2D eigenvalue weighted by Crippen LogP contribution is -2.33. The summed E-state index contributed by atoms with van der Waals surface area (Å²) < 4.78 is 10.9. The maximum atomic E-state index is 11.1. The van der Waals surface area contributed by atoms with Gasteiger partial charge >= 0.3 is 5.97 Å². The number of unbranched alkanes of at least 4 members (excludes halogenated alkanes) is 1. The molecule has 5 heteroatoms. The lowest BCUT2D eigenvalue weighted by Gasteiger charge is -2.37. The minimum atomic E-state index is -1.02. The van der Waals surface area contributed by atoms with E-state index in [1.165, 1.54) is 19.3 Å². The van der Waals surface area contributed by atoms with Gasteiger partial charge < -0.3 is 19.7 Å². The first-order chi connectivity index (χ1) is 9.20. The summed E-state index contributed by atoms with van der Waals surface area (Å²) in [6.45, 7) is 0.648. The third kappa shape index (κ3) is 3.94. The van der Waals surface area contributed by atoms with Gasteiger partial charge in [-0.15, -0.1) is 0 Å². The van der Waals surface area contributed by atoms with Crippen LogP contribution in [-0.2, 0) is 14.3 Å². The van der Waals surface area contributed by atoms with Crippen molar-refractivity contribution in [2.24, 2.45) is 11.8 Å². The molecule has 2 atom stereocenters. The van der Waals surface area contributed by atoms with E-state index in [9.17, 15) is 4.79 Å². The Morgan fingerprint density at radius 2 is 2.21 bits per heavy atom. The standard InChI is InChI=1S/C14H22O5/c15-6-1-2-7-18-13-9-11(10-4-3-5-10)8-12(19-13)14(16)17/h8,10-11,13,15H,1-7,9H2,(H,16,17)/t11-,13+/m0/s1. The predicted octanol–water partition coefficient (Wildman–Crippen LogP) is 1.91. The summed E-state index contributed by atoms with van der Waals surface area (Å²) in [5.74, 6) is -0.151. The van der Waals surface area contributed by atoms with Gasteiger partial charge in [0.1, 0.15) is 0 Å². The highest BCUT2D eigenvalue weighted by Gasteiger charge is 2.34. The van der Waals surface area contributed by atoms with Crippen molar-refractivity contribution in [1.82, 2.24) is 0 Å². The first-order valence-electron chi connectivity index (χ1n) is 7.05. The molecule has 5 nitrogen and oxygen atoms in total. The second-order valence-electron chi connectivity index (χ2n) is 5.28. The number of ether oxygens (including phenoxy) is 2. The van der Waals surface area contributed by atoms with Crippen LogP contribution in [0.25, 0.3) is 0 Å². The molecule has 19 heavy (non-hydrogen) atoms. The number of aliphatic hydroxyl groups excluding tert-OH is 1. The monoisotopic (exact) mass is 270 g/mol. The van der Waals surface area contributed by atoms with Crippen molar-refractivity contribution in [3.63, 3.8) is 0 Å². The Balaban J connectivity index is 1.87. The lowest BCUT2D eigenvalue weighted by atomic mass is 9.73. The first kappa shape index (κ1) is 14.3. The Morgan fingerprint density at radius 3 is 2.79 bits per heavy atom. The fraction of sp³-hybridized carbons (Fsp3) is 0.786.